The number of carboxylic acids is 1. The summed E-state index contributed by atoms with van der Waals surface area (Å²) in [4.78, 5) is 51.0. The number of nitrogens with one attached hydrogen (secondary N) is 2. The molecule has 2 atom stereocenters. The third-order valence-corrected chi connectivity index (χ3v) is 6.63. The van der Waals surface area contributed by atoms with Gasteiger partial charge in [-0.3, -0.25) is 19.2 Å². The van der Waals surface area contributed by atoms with Crippen molar-refractivity contribution in [3.05, 3.63) is 48.0 Å². The van der Waals surface area contributed by atoms with Crippen LogP contribution in [0, 0.1) is 5.92 Å². The second kappa shape index (κ2) is 14.9. The lowest BCUT2D eigenvalue weighted by Crippen LogP contribution is -2.54. The number of benzene rings is 2. The summed E-state index contributed by atoms with van der Waals surface area (Å²) in [5, 5.41) is 14.6. The Morgan fingerprint density at radius 3 is 2.21 bits per heavy atom. The largest absolute Gasteiger partial charge is 0.497 e. The van der Waals surface area contributed by atoms with Crippen LogP contribution in [-0.4, -0.2) is 67.8 Å². The molecule has 0 spiro atoms. The van der Waals surface area contributed by atoms with Crippen LogP contribution < -0.4 is 24.8 Å². The first-order valence-corrected chi connectivity index (χ1v) is 12.9. The lowest BCUT2D eigenvalue weighted by molar-refractivity contribution is -0.140. The first-order valence-electron chi connectivity index (χ1n) is 11.9. The summed E-state index contributed by atoms with van der Waals surface area (Å²) in [6.45, 7) is 3.48. The number of ketones is 1. The maximum absolute atomic E-state index is 13.1. The highest BCUT2D eigenvalue weighted by Gasteiger charge is 2.30. The van der Waals surface area contributed by atoms with Crippen molar-refractivity contribution >= 4 is 35.3 Å². The molecule has 0 unspecified atom stereocenters. The van der Waals surface area contributed by atoms with E-state index in [9.17, 15) is 24.3 Å². The molecule has 0 aromatic heterocycles. The van der Waals surface area contributed by atoms with Gasteiger partial charge in [0.25, 0.3) is 0 Å². The van der Waals surface area contributed by atoms with Gasteiger partial charge < -0.3 is 30.0 Å². The zero-order valence-electron chi connectivity index (χ0n) is 22.1. The number of amides is 2. The molecule has 2 rings (SSSR count). The molecule has 0 radical (unpaired) electrons. The fraction of sp³-hybridized carbons (Fsp3) is 0.407. The van der Waals surface area contributed by atoms with Gasteiger partial charge in [-0.05, 0) is 42.3 Å². The predicted octanol–water partition coefficient (Wildman–Crippen LogP) is 2.72. The molecule has 38 heavy (non-hydrogen) atoms. The minimum atomic E-state index is -1.25. The Morgan fingerprint density at radius 1 is 0.921 bits per heavy atom. The van der Waals surface area contributed by atoms with Crippen LogP contribution in [0.25, 0.3) is 0 Å². The van der Waals surface area contributed by atoms with Crippen LogP contribution in [0.3, 0.4) is 0 Å². The van der Waals surface area contributed by atoms with Crippen molar-refractivity contribution in [1.29, 1.82) is 0 Å². The Hall–Kier alpha value is -3.73. The molecular weight excluding hydrogens is 512 g/mol. The average Bonchev–Trinajstić information content (AvgIpc) is 2.89. The minimum absolute atomic E-state index is 0.0558. The number of ether oxygens (including phenoxy) is 3. The van der Waals surface area contributed by atoms with Crippen molar-refractivity contribution in [3.8, 4) is 17.2 Å². The zero-order chi connectivity index (χ0) is 28.2. The molecule has 0 fully saturated rings. The minimum Gasteiger partial charge on any atom is -0.497 e. The van der Waals surface area contributed by atoms with Crippen molar-refractivity contribution in [2.75, 3.05) is 27.1 Å². The maximum Gasteiger partial charge on any atom is 0.305 e. The quantitative estimate of drug-likeness (QED) is 0.288. The fourth-order valence-corrected chi connectivity index (χ4v) is 4.46. The molecule has 0 saturated heterocycles. The van der Waals surface area contributed by atoms with Crippen LogP contribution in [0.4, 0.5) is 0 Å². The number of hydrogen-bond acceptors (Lipinski definition) is 8. The topological polar surface area (TPSA) is 140 Å². The monoisotopic (exact) mass is 546 g/mol. The summed E-state index contributed by atoms with van der Waals surface area (Å²) in [5.41, 5.74) is 0.570. The van der Waals surface area contributed by atoms with E-state index in [-0.39, 0.29) is 18.1 Å². The van der Waals surface area contributed by atoms with Gasteiger partial charge in [0.1, 0.15) is 23.3 Å². The Kier molecular flexibility index (Phi) is 11.9. The number of carbonyl (C=O) groups excluding carboxylic acids is 3. The summed E-state index contributed by atoms with van der Waals surface area (Å²) < 4.78 is 15.7. The molecular formula is C27H34N2O8S. The van der Waals surface area contributed by atoms with Gasteiger partial charge in [-0.25, -0.2) is 0 Å². The highest BCUT2D eigenvalue weighted by Crippen LogP contribution is 2.25. The summed E-state index contributed by atoms with van der Waals surface area (Å²) in [6.07, 6.45) is -0.658. The van der Waals surface area contributed by atoms with E-state index in [0.717, 1.165) is 4.90 Å². The fourth-order valence-electron chi connectivity index (χ4n) is 3.58. The zero-order valence-corrected chi connectivity index (χ0v) is 22.9. The number of methoxy groups -OCH3 is 3. The number of hydrogen-bond donors (Lipinski definition) is 3. The van der Waals surface area contributed by atoms with Crippen molar-refractivity contribution in [2.45, 2.75) is 43.7 Å². The van der Waals surface area contributed by atoms with Crippen LogP contribution in [0.2, 0.25) is 0 Å². The van der Waals surface area contributed by atoms with Crippen molar-refractivity contribution in [2.24, 2.45) is 5.92 Å². The van der Waals surface area contributed by atoms with Gasteiger partial charge in [0.2, 0.25) is 11.8 Å². The van der Waals surface area contributed by atoms with Crippen LogP contribution in [-0.2, 0) is 25.6 Å². The molecule has 0 aliphatic rings. The van der Waals surface area contributed by atoms with E-state index < -0.39 is 42.1 Å². The second-order valence-corrected chi connectivity index (χ2v) is 9.79. The van der Waals surface area contributed by atoms with Crippen LogP contribution in [0.5, 0.6) is 17.2 Å². The third kappa shape index (κ3) is 9.29. The van der Waals surface area contributed by atoms with Gasteiger partial charge in [0.05, 0.1) is 46.0 Å². The van der Waals surface area contributed by atoms with Crippen LogP contribution in [0.15, 0.2) is 47.4 Å². The first-order chi connectivity index (χ1) is 18.1. The second-order valence-electron chi connectivity index (χ2n) is 8.74. The highest BCUT2D eigenvalue weighted by molar-refractivity contribution is 8.00. The number of carbonyl (C=O) groups is 4. The van der Waals surface area contributed by atoms with Crippen LogP contribution in [0.1, 0.15) is 25.8 Å². The Morgan fingerprint density at radius 2 is 1.61 bits per heavy atom. The van der Waals surface area contributed by atoms with Gasteiger partial charge >= 0.3 is 5.97 Å². The molecule has 0 saturated carbocycles. The van der Waals surface area contributed by atoms with E-state index in [1.807, 2.05) is 0 Å². The van der Waals surface area contributed by atoms with Crippen molar-refractivity contribution in [3.63, 3.8) is 0 Å². The molecule has 206 valence electrons. The number of aliphatic carboxylic acids is 1. The molecule has 0 aliphatic heterocycles. The van der Waals surface area contributed by atoms with Crippen molar-refractivity contribution in [1.82, 2.24) is 10.6 Å². The van der Waals surface area contributed by atoms with Crippen molar-refractivity contribution < 1.29 is 38.5 Å². The Bertz CT molecular complexity index is 1140. The van der Waals surface area contributed by atoms with E-state index in [4.69, 9.17) is 14.2 Å². The molecule has 3 N–H and O–H groups in total. The number of thioether (sulfide) groups is 1. The summed E-state index contributed by atoms with van der Waals surface area (Å²) in [6, 6.07) is 9.91. The standard InChI is InChI=1S/C27H34N2O8S/c1-16(2)26(29-24(31)12-17-11-19(36-4)9-10-23(17)37-5)27(34)28-21(14-25(32)33)22(30)15-38-20-8-6-7-18(13-20)35-3/h6-11,13,16,21,26H,12,14-15H2,1-5H3,(H,28,34)(H,29,31)(H,32,33)/t21-,26-/m0/s1. The van der Waals surface area contributed by atoms with E-state index >= 15 is 0 Å². The molecule has 0 heterocycles. The lowest BCUT2D eigenvalue weighted by atomic mass is 10.0. The van der Waals surface area contributed by atoms with E-state index in [2.05, 4.69) is 10.6 Å². The molecule has 0 bridgehead atoms. The SMILES string of the molecule is COc1cccc(SCC(=O)[C@H](CC(=O)O)NC(=O)[C@@H](NC(=O)Cc2cc(OC)ccc2OC)C(C)C)c1. The normalized spacial score (nSPS) is 12.3. The van der Waals surface area contributed by atoms with Gasteiger partial charge in [0.15, 0.2) is 5.78 Å². The Balaban J connectivity index is 2.09. The summed E-state index contributed by atoms with van der Waals surface area (Å²) >= 11 is 1.21. The summed E-state index contributed by atoms with van der Waals surface area (Å²) in [7, 11) is 4.53. The molecule has 0 aliphatic carbocycles. The molecule has 11 heteroatoms. The third-order valence-electron chi connectivity index (χ3n) is 5.61. The molecule has 2 amide bonds. The summed E-state index contributed by atoms with van der Waals surface area (Å²) in [5.74, 6) is -1.50. The smallest absolute Gasteiger partial charge is 0.305 e. The van der Waals surface area contributed by atoms with Crippen LogP contribution >= 0.6 is 11.8 Å². The number of rotatable bonds is 15. The lowest BCUT2D eigenvalue weighted by Gasteiger charge is -2.25. The number of Topliss-reactive ketones (excluding diaryl/α,β-unsaturated/α-hetero) is 1. The average molecular weight is 547 g/mol. The predicted molar refractivity (Wildman–Crippen MR) is 143 cm³/mol. The van der Waals surface area contributed by atoms with E-state index in [0.29, 0.717) is 22.8 Å². The molecule has 10 nitrogen and oxygen atoms in total. The van der Waals surface area contributed by atoms with Gasteiger partial charge in [0, 0.05) is 10.5 Å². The van der Waals surface area contributed by atoms with Gasteiger partial charge in [-0.2, -0.15) is 0 Å². The van der Waals surface area contributed by atoms with Gasteiger partial charge in [-0.15, -0.1) is 11.8 Å². The number of carboxylic acid groups (broad SMARTS) is 1. The highest BCUT2D eigenvalue weighted by atomic mass is 32.2. The molecule has 2 aromatic rings. The van der Waals surface area contributed by atoms with E-state index in [1.165, 1.54) is 33.1 Å². The molecule has 2 aromatic carbocycles. The Labute approximate surface area is 226 Å². The van der Waals surface area contributed by atoms with Gasteiger partial charge in [-0.1, -0.05) is 19.9 Å². The first kappa shape index (κ1) is 30.5. The maximum atomic E-state index is 13.1. The van der Waals surface area contributed by atoms with E-state index in [1.54, 1.807) is 56.3 Å².